The number of H-pyrrole nitrogens is 1. The molecule has 0 spiro atoms. The Hall–Kier alpha value is -2.86. The van der Waals surface area contributed by atoms with Crippen LogP contribution in [-0.2, 0) is 10.5 Å². The summed E-state index contributed by atoms with van der Waals surface area (Å²) in [6.07, 6.45) is 0.799. The number of ether oxygens (including phenoxy) is 1. The van der Waals surface area contributed by atoms with E-state index < -0.39 is 0 Å². The van der Waals surface area contributed by atoms with Gasteiger partial charge in [0.05, 0.1) is 17.9 Å². The number of nitrogens with zero attached hydrogens (tertiary/aromatic N) is 1. The molecule has 0 radical (unpaired) electrons. The second-order valence-corrected chi connectivity index (χ2v) is 6.89. The first-order chi connectivity index (χ1) is 13.2. The maximum Gasteiger partial charge on any atom is 0.338 e. The van der Waals surface area contributed by atoms with Gasteiger partial charge in [-0.2, -0.15) is 0 Å². The van der Waals surface area contributed by atoms with Crippen molar-refractivity contribution in [3.63, 3.8) is 0 Å². The van der Waals surface area contributed by atoms with E-state index in [4.69, 9.17) is 4.74 Å². The highest BCUT2D eigenvalue weighted by atomic mass is 32.2. The molecule has 27 heavy (non-hydrogen) atoms. The number of carbonyl (C=O) groups is 1. The second-order valence-electron chi connectivity index (χ2n) is 5.92. The number of nitrogens with one attached hydrogen (secondary N) is 1. The summed E-state index contributed by atoms with van der Waals surface area (Å²) in [6, 6.07) is 18.4. The number of aromatic nitrogens is 2. The van der Waals surface area contributed by atoms with Crippen LogP contribution in [0.4, 0.5) is 0 Å². The lowest BCUT2D eigenvalue weighted by Gasteiger charge is -2.06. The molecule has 5 nitrogen and oxygen atoms in total. The molecule has 3 aromatic rings. The fourth-order valence-electron chi connectivity index (χ4n) is 2.43. The maximum atomic E-state index is 11.9. The molecule has 0 unspecified atom stereocenters. The van der Waals surface area contributed by atoms with E-state index in [1.807, 2.05) is 49.4 Å². The van der Waals surface area contributed by atoms with Crippen LogP contribution < -0.4 is 5.56 Å². The van der Waals surface area contributed by atoms with E-state index >= 15 is 0 Å². The minimum atomic E-state index is -0.308. The number of esters is 1. The molecule has 2 aromatic carbocycles. The Bertz CT molecular complexity index is 953. The summed E-state index contributed by atoms with van der Waals surface area (Å²) in [5.41, 5.74) is 2.94. The summed E-state index contributed by atoms with van der Waals surface area (Å²) in [5.74, 6) is 0.323. The normalized spacial score (nSPS) is 10.6. The van der Waals surface area contributed by atoms with Crippen LogP contribution in [0.2, 0.25) is 0 Å². The molecule has 0 atom stereocenters. The van der Waals surface area contributed by atoms with Gasteiger partial charge in [-0.1, -0.05) is 61.2 Å². The van der Waals surface area contributed by atoms with E-state index in [-0.39, 0.29) is 11.5 Å². The maximum absolute atomic E-state index is 11.9. The van der Waals surface area contributed by atoms with E-state index in [9.17, 15) is 9.59 Å². The van der Waals surface area contributed by atoms with Gasteiger partial charge in [0.2, 0.25) is 0 Å². The van der Waals surface area contributed by atoms with Crippen molar-refractivity contribution >= 4 is 17.7 Å². The second kappa shape index (κ2) is 9.19. The third kappa shape index (κ3) is 5.31. The van der Waals surface area contributed by atoms with Gasteiger partial charge < -0.3 is 9.72 Å². The van der Waals surface area contributed by atoms with Gasteiger partial charge in [0.15, 0.2) is 5.16 Å². The zero-order valence-corrected chi connectivity index (χ0v) is 15.8. The topological polar surface area (TPSA) is 72.0 Å². The van der Waals surface area contributed by atoms with Crippen molar-refractivity contribution in [2.45, 2.75) is 24.3 Å². The highest BCUT2D eigenvalue weighted by Crippen LogP contribution is 2.22. The predicted octanol–water partition coefficient (Wildman–Crippen LogP) is 4.30. The number of benzene rings is 2. The van der Waals surface area contributed by atoms with Crippen LogP contribution in [0, 0.1) is 0 Å². The van der Waals surface area contributed by atoms with Gasteiger partial charge in [0.25, 0.3) is 5.56 Å². The lowest BCUT2D eigenvalue weighted by molar-refractivity contribution is 0.0505. The lowest BCUT2D eigenvalue weighted by atomic mass is 10.1. The van der Waals surface area contributed by atoms with Crippen LogP contribution in [0.5, 0.6) is 0 Å². The van der Waals surface area contributed by atoms with Gasteiger partial charge in [0, 0.05) is 17.4 Å². The molecule has 3 rings (SSSR count). The van der Waals surface area contributed by atoms with E-state index in [1.54, 1.807) is 12.1 Å². The molecule has 0 fully saturated rings. The van der Waals surface area contributed by atoms with Crippen molar-refractivity contribution < 1.29 is 9.53 Å². The van der Waals surface area contributed by atoms with Crippen molar-refractivity contribution in [3.05, 3.63) is 82.1 Å². The van der Waals surface area contributed by atoms with Gasteiger partial charge in [-0.05, 0) is 24.1 Å². The largest absolute Gasteiger partial charge is 0.462 e. The molecule has 0 aliphatic carbocycles. The van der Waals surface area contributed by atoms with Crippen LogP contribution in [-0.4, -0.2) is 22.5 Å². The first kappa shape index (κ1) is 18.9. The number of hydrogen-bond donors (Lipinski definition) is 1. The number of carbonyl (C=O) groups excluding carboxylic acids is 1. The van der Waals surface area contributed by atoms with E-state index in [0.29, 0.717) is 28.8 Å². The molecule has 1 N–H and O–H groups in total. The average molecular weight is 380 g/mol. The quantitative estimate of drug-likeness (QED) is 0.376. The molecule has 1 aromatic heterocycles. The molecular formula is C21H20N2O3S. The summed E-state index contributed by atoms with van der Waals surface area (Å²) in [7, 11) is 0. The van der Waals surface area contributed by atoms with E-state index in [2.05, 4.69) is 9.97 Å². The number of hydrogen-bond acceptors (Lipinski definition) is 5. The number of rotatable bonds is 7. The Morgan fingerprint density at radius 2 is 1.85 bits per heavy atom. The zero-order valence-electron chi connectivity index (χ0n) is 15.0. The first-order valence-corrected chi connectivity index (χ1v) is 9.70. The molecule has 0 amide bonds. The van der Waals surface area contributed by atoms with Crippen molar-refractivity contribution in [2.24, 2.45) is 0 Å². The van der Waals surface area contributed by atoms with Gasteiger partial charge in [-0.15, -0.1) is 0 Å². The van der Waals surface area contributed by atoms with E-state index in [1.165, 1.54) is 17.8 Å². The fourth-order valence-corrected chi connectivity index (χ4v) is 3.26. The molecule has 0 aliphatic rings. The van der Waals surface area contributed by atoms with Crippen LogP contribution in [0.3, 0.4) is 0 Å². The molecule has 0 saturated heterocycles. The minimum absolute atomic E-state index is 0.180. The van der Waals surface area contributed by atoms with Crippen molar-refractivity contribution in [1.29, 1.82) is 0 Å². The Kier molecular flexibility index (Phi) is 6.44. The minimum Gasteiger partial charge on any atom is -0.462 e. The average Bonchev–Trinajstić information content (AvgIpc) is 2.71. The highest BCUT2D eigenvalue weighted by molar-refractivity contribution is 7.98. The Balaban J connectivity index is 1.67. The van der Waals surface area contributed by atoms with Gasteiger partial charge in [-0.3, -0.25) is 4.79 Å². The van der Waals surface area contributed by atoms with Crippen LogP contribution in [0.15, 0.2) is 70.6 Å². The number of aromatic amines is 1. The molecule has 6 heteroatoms. The van der Waals surface area contributed by atoms with Crippen LogP contribution in [0.1, 0.15) is 29.3 Å². The van der Waals surface area contributed by atoms with Crippen LogP contribution in [0.25, 0.3) is 11.3 Å². The van der Waals surface area contributed by atoms with E-state index in [0.717, 1.165) is 17.5 Å². The van der Waals surface area contributed by atoms with Crippen LogP contribution >= 0.6 is 11.8 Å². The van der Waals surface area contributed by atoms with Gasteiger partial charge in [-0.25, -0.2) is 9.78 Å². The molecule has 138 valence electrons. The third-order valence-corrected chi connectivity index (χ3v) is 4.74. The van der Waals surface area contributed by atoms with Crippen molar-refractivity contribution in [2.75, 3.05) is 6.61 Å². The van der Waals surface area contributed by atoms with Crippen molar-refractivity contribution in [3.8, 4) is 11.3 Å². The molecule has 0 saturated carbocycles. The number of thioether (sulfide) groups is 1. The molecule has 0 aliphatic heterocycles. The monoisotopic (exact) mass is 380 g/mol. The summed E-state index contributed by atoms with van der Waals surface area (Å²) >= 11 is 1.44. The lowest BCUT2D eigenvalue weighted by Crippen LogP contribution is -2.08. The third-order valence-electron chi connectivity index (χ3n) is 3.79. The Morgan fingerprint density at radius 3 is 2.56 bits per heavy atom. The summed E-state index contributed by atoms with van der Waals surface area (Å²) in [4.78, 5) is 31.1. The smallest absolute Gasteiger partial charge is 0.338 e. The fraction of sp³-hybridized carbons (Fsp3) is 0.190. The Morgan fingerprint density at radius 1 is 1.11 bits per heavy atom. The Labute approximate surface area is 161 Å². The summed E-state index contributed by atoms with van der Waals surface area (Å²) < 4.78 is 5.12. The standard InChI is InChI=1S/C21H20N2O3S/c1-2-12-26-20(25)17-10-8-15(9-11-17)14-27-21-22-18(13-19(24)23-21)16-6-4-3-5-7-16/h3-11,13H,2,12,14H2,1H3,(H,22,23,24). The summed E-state index contributed by atoms with van der Waals surface area (Å²) in [6.45, 7) is 2.38. The summed E-state index contributed by atoms with van der Waals surface area (Å²) in [5, 5.41) is 0.563. The molecule has 1 heterocycles. The van der Waals surface area contributed by atoms with Gasteiger partial charge >= 0.3 is 5.97 Å². The highest BCUT2D eigenvalue weighted by Gasteiger charge is 2.08. The first-order valence-electron chi connectivity index (χ1n) is 8.71. The van der Waals surface area contributed by atoms with Gasteiger partial charge in [0.1, 0.15) is 0 Å². The SMILES string of the molecule is CCCOC(=O)c1ccc(CSc2nc(-c3ccccc3)cc(=O)[nH]2)cc1. The zero-order chi connectivity index (χ0) is 19.1. The predicted molar refractivity (Wildman–Crippen MR) is 107 cm³/mol. The molecule has 0 bridgehead atoms. The van der Waals surface area contributed by atoms with Crippen molar-refractivity contribution in [1.82, 2.24) is 9.97 Å². The molecular weight excluding hydrogens is 360 g/mol.